The summed E-state index contributed by atoms with van der Waals surface area (Å²) >= 11 is 0. The standard InChI is InChI=1S/C6H7F2N3O2/c1-3-5(6(12)13)9-10-11(3)2-4(7)8/h4H,2H2,1H3,(H,12,13). The molecule has 0 spiro atoms. The van der Waals surface area contributed by atoms with Gasteiger partial charge in [-0.05, 0) is 6.92 Å². The minimum atomic E-state index is -2.57. The monoisotopic (exact) mass is 191 g/mol. The van der Waals surface area contributed by atoms with Crippen molar-refractivity contribution in [2.24, 2.45) is 0 Å². The number of hydrogen-bond acceptors (Lipinski definition) is 3. The third-order valence-electron chi connectivity index (χ3n) is 1.50. The molecule has 1 N–H and O–H groups in total. The van der Waals surface area contributed by atoms with Crippen LogP contribution < -0.4 is 0 Å². The molecule has 0 aliphatic carbocycles. The maximum Gasteiger partial charge on any atom is 0.358 e. The lowest BCUT2D eigenvalue weighted by atomic mass is 10.3. The van der Waals surface area contributed by atoms with Crippen molar-refractivity contribution in [3.05, 3.63) is 11.4 Å². The molecule has 7 heteroatoms. The van der Waals surface area contributed by atoms with Gasteiger partial charge in [-0.25, -0.2) is 18.3 Å². The van der Waals surface area contributed by atoms with Crippen LogP contribution in [0.2, 0.25) is 0 Å². The van der Waals surface area contributed by atoms with Crippen LogP contribution in [0.3, 0.4) is 0 Å². The Hall–Kier alpha value is -1.53. The van der Waals surface area contributed by atoms with Crippen LogP contribution in [-0.4, -0.2) is 32.5 Å². The van der Waals surface area contributed by atoms with Gasteiger partial charge >= 0.3 is 5.97 Å². The van der Waals surface area contributed by atoms with Crippen molar-refractivity contribution in [3.8, 4) is 0 Å². The fourth-order valence-corrected chi connectivity index (χ4v) is 0.862. The van der Waals surface area contributed by atoms with E-state index in [2.05, 4.69) is 10.3 Å². The number of aromatic nitrogens is 3. The number of nitrogens with zero attached hydrogens (tertiary/aromatic N) is 3. The van der Waals surface area contributed by atoms with Crippen molar-refractivity contribution >= 4 is 5.97 Å². The molecule has 1 aromatic heterocycles. The van der Waals surface area contributed by atoms with Crippen LogP contribution in [0.15, 0.2) is 0 Å². The predicted molar refractivity (Wildman–Crippen MR) is 37.7 cm³/mol. The number of carboxylic acid groups (broad SMARTS) is 1. The Bertz CT molecular complexity index is 324. The summed E-state index contributed by atoms with van der Waals surface area (Å²) in [5.74, 6) is -1.27. The number of alkyl halides is 2. The highest BCUT2D eigenvalue weighted by molar-refractivity contribution is 5.86. The van der Waals surface area contributed by atoms with Crippen molar-refractivity contribution < 1.29 is 18.7 Å². The van der Waals surface area contributed by atoms with Gasteiger partial charge in [0, 0.05) is 0 Å². The van der Waals surface area contributed by atoms with E-state index < -0.39 is 18.9 Å². The summed E-state index contributed by atoms with van der Waals surface area (Å²) in [6.07, 6.45) is -2.57. The van der Waals surface area contributed by atoms with Gasteiger partial charge in [0.05, 0.1) is 5.69 Å². The second-order valence-corrected chi connectivity index (χ2v) is 2.40. The second kappa shape index (κ2) is 3.46. The number of aromatic carboxylic acids is 1. The van der Waals surface area contributed by atoms with Gasteiger partial charge in [-0.1, -0.05) is 5.21 Å². The molecule has 0 saturated heterocycles. The van der Waals surface area contributed by atoms with Crippen LogP contribution in [-0.2, 0) is 6.54 Å². The van der Waals surface area contributed by atoms with E-state index in [0.29, 0.717) is 0 Å². The van der Waals surface area contributed by atoms with Crippen LogP contribution in [0.1, 0.15) is 16.2 Å². The van der Waals surface area contributed by atoms with Crippen LogP contribution in [0.4, 0.5) is 8.78 Å². The SMILES string of the molecule is Cc1c(C(=O)O)nnn1CC(F)F. The molecule has 5 nitrogen and oxygen atoms in total. The van der Waals surface area contributed by atoms with E-state index in [1.807, 2.05) is 0 Å². The van der Waals surface area contributed by atoms with Gasteiger partial charge in [-0.15, -0.1) is 5.10 Å². The summed E-state index contributed by atoms with van der Waals surface area (Å²) in [6, 6.07) is 0. The number of halogens is 2. The molecule has 0 unspecified atom stereocenters. The highest BCUT2D eigenvalue weighted by Gasteiger charge is 2.16. The summed E-state index contributed by atoms with van der Waals surface area (Å²) in [5.41, 5.74) is -0.159. The molecule has 1 aromatic rings. The average Bonchev–Trinajstić information content (AvgIpc) is 2.32. The normalized spacial score (nSPS) is 10.8. The fourth-order valence-electron chi connectivity index (χ4n) is 0.862. The van der Waals surface area contributed by atoms with Gasteiger partial charge in [0.2, 0.25) is 0 Å². The molecule has 0 bridgehead atoms. The van der Waals surface area contributed by atoms with Crippen LogP contribution in [0, 0.1) is 6.92 Å². The van der Waals surface area contributed by atoms with E-state index in [9.17, 15) is 13.6 Å². The molecule has 0 amide bonds. The first-order valence-electron chi connectivity index (χ1n) is 3.44. The van der Waals surface area contributed by atoms with E-state index in [4.69, 9.17) is 5.11 Å². The minimum absolute atomic E-state index is 0.132. The smallest absolute Gasteiger partial charge is 0.358 e. The fraction of sp³-hybridized carbons (Fsp3) is 0.500. The Labute approximate surface area is 72.0 Å². The Morgan fingerprint density at radius 2 is 2.31 bits per heavy atom. The lowest BCUT2D eigenvalue weighted by molar-refractivity contribution is 0.0689. The first-order valence-corrected chi connectivity index (χ1v) is 3.44. The average molecular weight is 191 g/mol. The lowest BCUT2D eigenvalue weighted by Gasteiger charge is -2.00. The molecular weight excluding hydrogens is 184 g/mol. The van der Waals surface area contributed by atoms with Gasteiger partial charge in [0.15, 0.2) is 5.69 Å². The van der Waals surface area contributed by atoms with Crippen molar-refractivity contribution in [2.75, 3.05) is 0 Å². The summed E-state index contributed by atoms with van der Waals surface area (Å²) in [5, 5.41) is 15.0. The maximum atomic E-state index is 11.9. The molecule has 0 fully saturated rings. The van der Waals surface area contributed by atoms with Gasteiger partial charge in [-0.2, -0.15) is 0 Å². The molecule has 1 heterocycles. The maximum absolute atomic E-state index is 11.9. The number of hydrogen-bond donors (Lipinski definition) is 1. The van der Waals surface area contributed by atoms with E-state index in [1.165, 1.54) is 6.92 Å². The van der Waals surface area contributed by atoms with E-state index in [1.54, 1.807) is 0 Å². The third kappa shape index (κ3) is 1.98. The Morgan fingerprint density at radius 3 is 2.69 bits per heavy atom. The molecule has 72 valence electrons. The van der Waals surface area contributed by atoms with Crippen molar-refractivity contribution in [1.82, 2.24) is 15.0 Å². The summed E-state index contributed by atoms with van der Waals surface area (Å²) in [4.78, 5) is 10.4. The zero-order valence-corrected chi connectivity index (χ0v) is 6.74. The predicted octanol–water partition coefficient (Wildman–Crippen LogP) is 0.550. The highest BCUT2D eigenvalue weighted by atomic mass is 19.3. The quantitative estimate of drug-likeness (QED) is 0.757. The van der Waals surface area contributed by atoms with Gasteiger partial charge in [0.1, 0.15) is 6.54 Å². The van der Waals surface area contributed by atoms with Crippen LogP contribution in [0.25, 0.3) is 0 Å². The van der Waals surface area contributed by atoms with E-state index >= 15 is 0 Å². The topological polar surface area (TPSA) is 68.0 Å². The van der Waals surface area contributed by atoms with Crippen molar-refractivity contribution in [1.29, 1.82) is 0 Å². The molecule has 0 aromatic carbocycles. The first kappa shape index (κ1) is 9.56. The van der Waals surface area contributed by atoms with E-state index in [0.717, 1.165) is 4.68 Å². The first-order chi connectivity index (χ1) is 6.02. The lowest BCUT2D eigenvalue weighted by Crippen LogP contribution is -2.10. The number of carboxylic acids is 1. The van der Waals surface area contributed by atoms with Gasteiger partial charge in [-0.3, -0.25) is 0 Å². The molecule has 0 radical (unpaired) electrons. The van der Waals surface area contributed by atoms with E-state index in [-0.39, 0.29) is 11.4 Å². The van der Waals surface area contributed by atoms with Gasteiger partial charge < -0.3 is 5.11 Å². The van der Waals surface area contributed by atoms with Crippen LogP contribution >= 0.6 is 0 Å². The molecule has 0 saturated carbocycles. The zero-order chi connectivity index (χ0) is 10.0. The molecule has 0 atom stereocenters. The molecule has 1 rings (SSSR count). The molecule has 13 heavy (non-hydrogen) atoms. The molecular formula is C6H7F2N3O2. The summed E-state index contributed by atoms with van der Waals surface area (Å²) in [6.45, 7) is 0.748. The largest absolute Gasteiger partial charge is 0.476 e. The molecule has 0 aliphatic heterocycles. The van der Waals surface area contributed by atoms with Crippen molar-refractivity contribution in [3.63, 3.8) is 0 Å². The van der Waals surface area contributed by atoms with Gasteiger partial charge in [0.25, 0.3) is 6.43 Å². The Balaban J connectivity index is 2.93. The highest BCUT2D eigenvalue weighted by Crippen LogP contribution is 2.05. The molecule has 0 aliphatic rings. The van der Waals surface area contributed by atoms with Crippen molar-refractivity contribution in [2.45, 2.75) is 19.9 Å². The Kier molecular flexibility index (Phi) is 2.54. The summed E-state index contributed by atoms with van der Waals surface area (Å²) < 4.78 is 24.6. The minimum Gasteiger partial charge on any atom is -0.476 e. The summed E-state index contributed by atoms with van der Waals surface area (Å²) in [7, 11) is 0. The Morgan fingerprint density at radius 1 is 1.69 bits per heavy atom. The second-order valence-electron chi connectivity index (χ2n) is 2.40. The number of carbonyl (C=O) groups is 1. The number of rotatable bonds is 3. The third-order valence-corrected chi connectivity index (χ3v) is 1.50. The van der Waals surface area contributed by atoms with Crippen LogP contribution in [0.5, 0.6) is 0 Å². The zero-order valence-electron chi connectivity index (χ0n) is 6.74.